The number of hydrogen-bond donors (Lipinski definition) is 2. The van der Waals surface area contributed by atoms with Gasteiger partial charge in [0.1, 0.15) is 0 Å². The van der Waals surface area contributed by atoms with Crippen LogP contribution in [-0.4, -0.2) is 29.2 Å². The van der Waals surface area contributed by atoms with Gasteiger partial charge in [-0.15, -0.1) is 0 Å². The molecule has 14 heteroatoms. The zero-order valence-corrected chi connectivity index (χ0v) is 17.3. The first-order valence-corrected chi connectivity index (χ1v) is 10.00. The summed E-state index contributed by atoms with van der Waals surface area (Å²) in [5.74, 6) is -0.354. The van der Waals surface area contributed by atoms with Crippen LogP contribution in [0, 0.1) is 11.3 Å². The van der Waals surface area contributed by atoms with Gasteiger partial charge in [0, 0.05) is 18.9 Å². The van der Waals surface area contributed by atoms with Crippen LogP contribution in [0.15, 0.2) is 46.0 Å². The van der Waals surface area contributed by atoms with Crippen LogP contribution in [-0.2, 0) is 16.7 Å². The summed E-state index contributed by atoms with van der Waals surface area (Å²) < 4.78 is 79.8. The van der Waals surface area contributed by atoms with E-state index in [0.29, 0.717) is 9.94 Å². The molecule has 0 spiro atoms. The van der Waals surface area contributed by atoms with Gasteiger partial charge in [0.25, 0.3) is 0 Å². The molecule has 31 heavy (non-hydrogen) atoms. The van der Waals surface area contributed by atoms with Gasteiger partial charge in [0.15, 0.2) is 16.9 Å². The summed E-state index contributed by atoms with van der Waals surface area (Å²) in [4.78, 5) is 0. The number of benzene rings is 1. The van der Waals surface area contributed by atoms with Gasteiger partial charge in [0.2, 0.25) is 0 Å². The first kappa shape index (κ1) is 24.6. The molecule has 0 saturated heterocycles. The van der Waals surface area contributed by atoms with E-state index in [1.165, 1.54) is 18.1 Å². The molecule has 0 saturated carbocycles. The van der Waals surface area contributed by atoms with E-state index >= 15 is 0 Å². The molecule has 6 nitrogen and oxygen atoms in total. The smallest absolute Gasteiger partial charge is 0.422 e. The van der Waals surface area contributed by atoms with Crippen molar-refractivity contribution < 1.29 is 31.1 Å². The number of halogens is 6. The molecule has 0 aromatic heterocycles. The molecular weight excluding hydrogens is 468 g/mol. The molecule has 1 aliphatic heterocycles. The maximum atomic E-state index is 12.8. The van der Waals surface area contributed by atoms with E-state index in [2.05, 4.69) is 9.84 Å². The van der Waals surface area contributed by atoms with Crippen molar-refractivity contribution in [3.63, 3.8) is 0 Å². The van der Waals surface area contributed by atoms with Gasteiger partial charge in [-0.3, -0.25) is 5.01 Å². The van der Waals surface area contributed by atoms with Crippen LogP contribution in [0.2, 0.25) is 0 Å². The Morgan fingerprint density at radius 3 is 2.55 bits per heavy atom. The van der Waals surface area contributed by atoms with Crippen LogP contribution in [0.4, 0.5) is 26.3 Å². The van der Waals surface area contributed by atoms with E-state index in [0.717, 1.165) is 41.7 Å². The number of nitrogens with two attached hydrogens (primary N) is 2. The molecular formula is C17H15F6N5OS2. The average Bonchev–Trinajstić information content (AvgIpc) is 2.66. The molecule has 1 aromatic carbocycles. The van der Waals surface area contributed by atoms with E-state index in [-0.39, 0.29) is 22.0 Å². The first-order valence-electron chi connectivity index (χ1n) is 8.20. The lowest BCUT2D eigenvalue weighted by Crippen LogP contribution is -2.23. The number of nitrogens with zero attached hydrogens (tertiary/aromatic N) is 3. The maximum Gasteiger partial charge on any atom is 0.422 e. The summed E-state index contributed by atoms with van der Waals surface area (Å²) in [7, 11) is 1.48. The van der Waals surface area contributed by atoms with Gasteiger partial charge >= 0.3 is 12.4 Å². The summed E-state index contributed by atoms with van der Waals surface area (Å²) >= 11 is 2.12. The summed E-state index contributed by atoms with van der Waals surface area (Å²) in [6, 6.07) is 4.63. The van der Waals surface area contributed by atoms with Crippen molar-refractivity contribution >= 4 is 27.9 Å². The molecule has 0 atom stereocenters. The Morgan fingerprint density at radius 2 is 2.00 bits per heavy atom. The molecule has 1 heterocycles. The van der Waals surface area contributed by atoms with E-state index < -0.39 is 30.4 Å². The van der Waals surface area contributed by atoms with Gasteiger partial charge in [0.05, 0.1) is 27.9 Å². The molecule has 1 aliphatic rings. The SMILES string of the molecule is CN1N=C(SCc2ccc(C(F)(F)F)cc2C#N)SC(N)=C1/C=C(\N)OCC(F)(F)F. The highest BCUT2D eigenvalue weighted by Gasteiger charge is 2.31. The van der Waals surface area contributed by atoms with Crippen molar-refractivity contribution in [1.29, 1.82) is 5.26 Å². The monoisotopic (exact) mass is 483 g/mol. The number of alkyl halides is 6. The number of rotatable bonds is 5. The highest BCUT2D eigenvalue weighted by atomic mass is 32.2. The summed E-state index contributed by atoms with van der Waals surface area (Å²) in [5.41, 5.74) is 10.9. The molecule has 4 N–H and O–H groups in total. The number of allylic oxidation sites excluding steroid dienone is 1. The van der Waals surface area contributed by atoms with Gasteiger partial charge in [-0.1, -0.05) is 17.8 Å². The average molecular weight is 483 g/mol. The highest BCUT2D eigenvalue weighted by Crippen LogP contribution is 2.35. The van der Waals surface area contributed by atoms with Crippen molar-refractivity contribution in [3.8, 4) is 6.07 Å². The first-order chi connectivity index (χ1) is 14.3. The molecule has 0 bridgehead atoms. The third-order valence-corrected chi connectivity index (χ3v) is 5.69. The van der Waals surface area contributed by atoms with E-state index in [1.54, 1.807) is 6.07 Å². The predicted octanol–water partition coefficient (Wildman–Crippen LogP) is 4.27. The van der Waals surface area contributed by atoms with Crippen molar-refractivity contribution in [3.05, 3.63) is 57.6 Å². The van der Waals surface area contributed by atoms with Crippen molar-refractivity contribution in [2.75, 3.05) is 13.7 Å². The van der Waals surface area contributed by atoms with Crippen LogP contribution in [0.3, 0.4) is 0 Å². The van der Waals surface area contributed by atoms with Crippen molar-refractivity contribution in [2.45, 2.75) is 18.1 Å². The highest BCUT2D eigenvalue weighted by molar-refractivity contribution is 8.40. The van der Waals surface area contributed by atoms with Crippen LogP contribution in [0.1, 0.15) is 16.7 Å². The predicted molar refractivity (Wildman–Crippen MR) is 106 cm³/mol. The zero-order chi connectivity index (χ0) is 23.4. The van der Waals surface area contributed by atoms with E-state index in [9.17, 15) is 26.3 Å². The van der Waals surface area contributed by atoms with E-state index in [1.807, 2.05) is 0 Å². The minimum atomic E-state index is -4.56. The molecule has 0 amide bonds. The minimum absolute atomic E-state index is 0.112. The lowest BCUT2D eigenvalue weighted by molar-refractivity contribution is -0.165. The number of nitriles is 1. The number of hydrazone groups is 1. The summed E-state index contributed by atoms with van der Waals surface area (Å²) in [5, 5.41) is 14.8. The van der Waals surface area contributed by atoms with Gasteiger partial charge in [-0.25, -0.2) is 0 Å². The fourth-order valence-electron chi connectivity index (χ4n) is 2.19. The molecule has 0 unspecified atom stereocenters. The fraction of sp³-hybridized carbons (Fsp3) is 0.294. The second-order valence-electron chi connectivity index (χ2n) is 5.96. The minimum Gasteiger partial charge on any atom is -0.470 e. The van der Waals surface area contributed by atoms with Crippen LogP contribution < -0.4 is 11.5 Å². The number of likely N-dealkylation sites (N-methyl/N-ethyl adjacent to an activating group) is 1. The van der Waals surface area contributed by atoms with Crippen molar-refractivity contribution in [2.24, 2.45) is 16.6 Å². The third kappa shape index (κ3) is 7.21. The summed E-state index contributed by atoms with van der Waals surface area (Å²) in [6.07, 6.45) is -8.01. The molecule has 0 radical (unpaired) electrons. The lowest BCUT2D eigenvalue weighted by Gasteiger charge is -2.23. The Labute approximate surface area is 181 Å². The number of thioether (sulfide) groups is 2. The fourth-order valence-corrected chi connectivity index (χ4v) is 4.23. The second kappa shape index (κ2) is 9.65. The number of ether oxygens (including phenoxy) is 1. The molecule has 168 valence electrons. The summed E-state index contributed by atoms with van der Waals surface area (Å²) in [6.45, 7) is -1.56. The topological polar surface area (TPSA) is 101 Å². The standard InChI is InChI=1S/C17H15F6N5OS2/c1-28-12(5-13(25)29-8-16(18,19)20)14(26)31-15(27-28)30-7-9-2-3-11(17(21,22)23)4-10(9)6-24/h2-5H,7-8,25-26H2,1H3/b13-5+. The van der Waals surface area contributed by atoms with Gasteiger partial charge in [-0.05, 0) is 29.5 Å². The van der Waals surface area contributed by atoms with Crippen LogP contribution in [0.5, 0.6) is 0 Å². The van der Waals surface area contributed by atoms with Crippen LogP contribution >= 0.6 is 23.5 Å². The molecule has 0 fully saturated rings. The zero-order valence-electron chi connectivity index (χ0n) is 15.7. The van der Waals surface area contributed by atoms with Gasteiger partial charge < -0.3 is 16.2 Å². The third-order valence-electron chi connectivity index (χ3n) is 3.62. The molecule has 1 aromatic rings. The lowest BCUT2D eigenvalue weighted by atomic mass is 10.1. The normalized spacial score (nSPS) is 15.6. The van der Waals surface area contributed by atoms with Crippen LogP contribution in [0.25, 0.3) is 0 Å². The second-order valence-corrected chi connectivity index (χ2v) is 8.21. The number of hydrogen-bond acceptors (Lipinski definition) is 8. The Balaban J connectivity index is 2.07. The molecule has 0 aliphatic carbocycles. The maximum absolute atomic E-state index is 12.8. The quantitative estimate of drug-likeness (QED) is 0.477. The van der Waals surface area contributed by atoms with E-state index in [4.69, 9.17) is 16.7 Å². The Bertz CT molecular complexity index is 965. The Hall–Kier alpha value is -2.66. The largest absolute Gasteiger partial charge is 0.470 e. The Morgan fingerprint density at radius 1 is 1.32 bits per heavy atom. The molecule has 2 rings (SSSR count). The van der Waals surface area contributed by atoms with Crippen molar-refractivity contribution in [1.82, 2.24) is 5.01 Å². The van der Waals surface area contributed by atoms with Gasteiger partial charge in [-0.2, -0.15) is 36.7 Å². The Kier molecular flexibility index (Phi) is 7.66.